The molecule has 7 nitrogen and oxygen atoms in total. The Morgan fingerprint density at radius 3 is 2.38 bits per heavy atom. The number of carbonyl (C=O) groups is 3. The molecule has 0 radical (unpaired) electrons. The van der Waals surface area contributed by atoms with Gasteiger partial charge in [-0.05, 0) is 18.6 Å². The highest BCUT2D eigenvalue weighted by Crippen LogP contribution is 2.07. The van der Waals surface area contributed by atoms with Gasteiger partial charge < -0.3 is 19.9 Å². The molecule has 0 bridgehead atoms. The lowest BCUT2D eigenvalue weighted by atomic mass is 10.2. The summed E-state index contributed by atoms with van der Waals surface area (Å²) in [5.41, 5.74) is -0.0398. The van der Waals surface area contributed by atoms with Gasteiger partial charge in [0.15, 0.2) is 0 Å². The van der Waals surface area contributed by atoms with Gasteiger partial charge in [0, 0.05) is 46.3 Å². The van der Waals surface area contributed by atoms with Gasteiger partial charge in [0.2, 0.25) is 11.8 Å². The second-order valence-electron chi connectivity index (χ2n) is 6.03. The van der Waals surface area contributed by atoms with Gasteiger partial charge in [0.25, 0.3) is 5.91 Å². The second-order valence-corrected chi connectivity index (χ2v) is 6.03. The van der Waals surface area contributed by atoms with Gasteiger partial charge in [-0.25, -0.2) is 4.39 Å². The second kappa shape index (κ2) is 9.86. The molecule has 0 aromatic heterocycles. The van der Waals surface area contributed by atoms with Gasteiger partial charge in [0.05, 0.1) is 5.56 Å². The molecule has 26 heavy (non-hydrogen) atoms. The summed E-state index contributed by atoms with van der Waals surface area (Å²) in [4.78, 5) is 39.5. The molecule has 2 rings (SSSR count). The molecule has 1 saturated heterocycles. The van der Waals surface area contributed by atoms with Gasteiger partial charge >= 0.3 is 0 Å². The fraction of sp³-hybridized carbons (Fsp3) is 0.500. The number of amides is 3. The maximum atomic E-state index is 13.5. The third-order valence-corrected chi connectivity index (χ3v) is 4.21. The minimum absolute atomic E-state index is 0.0377. The number of ether oxygens (including phenoxy) is 1. The van der Waals surface area contributed by atoms with Gasteiger partial charge in [-0.3, -0.25) is 14.4 Å². The molecule has 0 atom stereocenters. The normalized spacial score (nSPS) is 14.7. The van der Waals surface area contributed by atoms with Crippen molar-refractivity contribution >= 4 is 17.7 Å². The predicted molar refractivity (Wildman–Crippen MR) is 93.0 cm³/mol. The molecule has 8 heteroatoms. The third-order valence-electron chi connectivity index (χ3n) is 4.21. The summed E-state index contributed by atoms with van der Waals surface area (Å²) in [7, 11) is 1.47. The van der Waals surface area contributed by atoms with Crippen LogP contribution < -0.4 is 5.32 Å². The van der Waals surface area contributed by atoms with Crippen molar-refractivity contribution < 1.29 is 23.5 Å². The van der Waals surface area contributed by atoms with Gasteiger partial charge in [-0.1, -0.05) is 12.1 Å². The zero-order chi connectivity index (χ0) is 18.9. The lowest BCUT2D eigenvalue weighted by Crippen LogP contribution is -2.39. The number of nitrogens with zero attached hydrogens (tertiary/aromatic N) is 2. The zero-order valence-corrected chi connectivity index (χ0v) is 14.9. The van der Waals surface area contributed by atoms with Gasteiger partial charge in [-0.15, -0.1) is 0 Å². The van der Waals surface area contributed by atoms with Crippen molar-refractivity contribution in [3.05, 3.63) is 35.6 Å². The summed E-state index contributed by atoms with van der Waals surface area (Å²) < 4.78 is 18.4. The highest BCUT2D eigenvalue weighted by Gasteiger charge is 2.21. The molecule has 3 amide bonds. The number of carbonyl (C=O) groups excluding carboxylic acids is 3. The van der Waals surface area contributed by atoms with E-state index in [9.17, 15) is 18.8 Å². The summed E-state index contributed by atoms with van der Waals surface area (Å²) >= 11 is 0. The van der Waals surface area contributed by atoms with Crippen LogP contribution in [-0.2, 0) is 14.3 Å². The molecule has 1 aromatic carbocycles. The first-order valence-corrected chi connectivity index (χ1v) is 8.60. The first-order chi connectivity index (χ1) is 12.5. The quantitative estimate of drug-likeness (QED) is 0.803. The zero-order valence-electron chi connectivity index (χ0n) is 14.9. The molecular weight excluding hydrogens is 341 g/mol. The maximum Gasteiger partial charge on any atom is 0.254 e. The summed E-state index contributed by atoms with van der Waals surface area (Å²) in [6.07, 6.45) is 0.828. The summed E-state index contributed by atoms with van der Waals surface area (Å²) in [6, 6.07) is 5.70. The first-order valence-electron chi connectivity index (χ1n) is 8.60. The Morgan fingerprint density at radius 1 is 1.08 bits per heavy atom. The van der Waals surface area contributed by atoms with Crippen molar-refractivity contribution in [2.45, 2.75) is 12.8 Å². The first kappa shape index (κ1) is 19.8. The fourth-order valence-electron chi connectivity index (χ4n) is 2.81. The van der Waals surface area contributed by atoms with Crippen molar-refractivity contribution in [1.82, 2.24) is 15.1 Å². The predicted octanol–water partition coefficient (Wildman–Crippen LogP) is 0.653. The monoisotopic (exact) mass is 365 g/mol. The lowest BCUT2D eigenvalue weighted by molar-refractivity contribution is -0.136. The highest BCUT2D eigenvalue weighted by molar-refractivity contribution is 5.94. The van der Waals surface area contributed by atoms with E-state index in [-0.39, 0.29) is 37.0 Å². The molecule has 0 aliphatic carbocycles. The van der Waals surface area contributed by atoms with Crippen LogP contribution in [0.25, 0.3) is 0 Å². The average molecular weight is 365 g/mol. The van der Waals surface area contributed by atoms with E-state index >= 15 is 0 Å². The summed E-state index contributed by atoms with van der Waals surface area (Å²) in [6.45, 7) is 2.25. The van der Waals surface area contributed by atoms with Crippen molar-refractivity contribution in [1.29, 1.82) is 0 Å². The van der Waals surface area contributed by atoms with Crippen LogP contribution in [0.1, 0.15) is 23.2 Å². The summed E-state index contributed by atoms with van der Waals surface area (Å²) in [5.74, 6) is -1.31. The standard InChI is InChI=1S/C18H24FN3O4/c1-26-13-17(24)22-10-4-9-21(11-12-22)16(23)7-8-20-18(25)14-5-2-3-6-15(14)19/h2-3,5-6H,4,7-13H2,1H3,(H,20,25). The highest BCUT2D eigenvalue weighted by atomic mass is 19.1. The minimum atomic E-state index is -0.593. The van der Waals surface area contributed by atoms with Crippen LogP contribution in [0.15, 0.2) is 24.3 Å². The molecule has 0 spiro atoms. The Hall–Kier alpha value is -2.48. The molecule has 0 saturated carbocycles. The third kappa shape index (κ3) is 5.52. The average Bonchev–Trinajstić information content (AvgIpc) is 2.88. The Morgan fingerprint density at radius 2 is 1.73 bits per heavy atom. The number of benzene rings is 1. The van der Waals surface area contributed by atoms with Crippen molar-refractivity contribution in [2.24, 2.45) is 0 Å². The number of nitrogens with one attached hydrogen (secondary N) is 1. The Labute approximate surface area is 152 Å². The van der Waals surface area contributed by atoms with Gasteiger partial charge in [0.1, 0.15) is 12.4 Å². The largest absolute Gasteiger partial charge is 0.375 e. The summed E-state index contributed by atoms with van der Waals surface area (Å²) in [5, 5.41) is 2.56. The SMILES string of the molecule is COCC(=O)N1CCCN(C(=O)CCNC(=O)c2ccccc2F)CC1. The topological polar surface area (TPSA) is 79.0 Å². The minimum Gasteiger partial charge on any atom is -0.375 e. The smallest absolute Gasteiger partial charge is 0.254 e. The molecule has 1 fully saturated rings. The molecule has 1 N–H and O–H groups in total. The van der Waals surface area contributed by atoms with E-state index < -0.39 is 11.7 Å². The van der Waals surface area contributed by atoms with E-state index in [4.69, 9.17) is 4.74 Å². The molecule has 1 heterocycles. The molecule has 1 aliphatic rings. The molecule has 0 unspecified atom stereocenters. The van der Waals surface area contributed by atoms with Crippen LogP contribution >= 0.6 is 0 Å². The van der Waals surface area contributed by atoms with E-state index in [1.54, 1.807) is 15.9 Å². The number of rotatable bonds is 6. The van der Waals surface area contributed by atoms with Crippen LogP contribution in [0.2, 0.25) is 0 Å². The molecule has 142 valence electrons. The lowest BCUT2D eigenvalue weighted by Gasteiger charge is -2.22. The molecular formula is C18H24FN3O4. The van der Waals surface area contributed by atoms with E-state index in [1.165, 1.54) is 25.3 Å². The van der Waals surface area contributed by atoms with Crippen LogP contribution in [0.4, 0.5) is 4.39 Å². The van der Waals surface area contributed by atoms with Crippen molar-refractivity contribution in [2.75, 3.05) is 46.4 Å². The Kier molecular flexibility index (Phi) is 7.53. The number of methoxy groups -OCH3 is 1. The van der Waals surface area contributed by atoms with Crippen molar-refractivity contribution in [3.8, 4) is 0 Å². The van der Waals surface area contributed by atoms with Crippen LogP contribution in [0.3, 0.4) is 0 Å². The van der Waals surface area contributed by atoms with Gasteiger partial charge in [-0.2, -0.15) is 0 Å². The van der Waals surface area contributed by atoms with E-state index in [1.807, 2.05) is 0 Å². The Balaban J connectivity index is 1.77. The maximum absolute atomic E-state index is 13.5. The van der Waals surface area contributed by atoms with E-state index in [0.717, 1.165) is 0 Å². The number of halogens is 1. The molecule has 1 aromatic rings. The molecule has 1 aliphatic heterocycles. The van der Waals surface area contributed by atoms with E-state index in [2.05, 4.69) is 5.32 Å². The Bertz CT molecular complexity index is 653. The number of hydrogen-bond donors (Lipinski definition) is 1. The van der Waals surface area contributed by atoms with E-state index in [0.29, 0.717) is 32.6 Å². The number of hydrogen-bond acceptors (Lipinski definition) is 4. The fourth-order valence-corrected chi connectivity index (χ4v) is 2.81. The van der Waals surface area contributed by atoms with Crippen molar-refractivity contribution in [3.63, 3.8) is 0 Å². The van der Waals surface area contributed by atoms with Crippen LogP contribution in [0, 0.1) is 5.82 Å². The van der Waals surface area contributed by atoms with Crippen LogP contribution in [0.5, 0.6) is 0 Å². The van der Waals surface area contributed by atoms with Crippen LogP contribution in [-0.4, -0.2) is 74.0 Å².